The molecule has 0 spiro atoms. The Balaban J connectivity index is 2.03. The van der Waals surface area contributed by atoms with Gasteiger partial charge in [0.05, 0.1) is 4.83 Å². The molecule has 1 aromatic carbocycles. The van der Waals surface area contributed by atoms with Crippen LogP contribution in [0, 0.1) is 5.92 Å². The highest BCUT2D eigenvalue weighted by Gasteiger charge is 2.33. The van der Waals surface area contributed by atoms with Gasteiger partial charge in [-0.2, -0.15) is 0 Å². The Bertz CT molecular complexity index is 418. The summed E-state index contributed by atoms with van der Waals surface area (Å²) in [5.41, 5.74) is 1.32. The maximum absolute atomic E-state index is 12.5. The van der Waals surface area contributed by atoms with Crippen molar-refractivity contribution in [2.75, 3.05) is 6.54 Å². The first-order chi connectivity index (χ1) is 9.09. The number of alkyl halides is 1. The molecular weight excluding hydrogens is 302 g/mol. The second-order valence-corrected chi connectivity index (χ2v) is 6.65. The lowest BCUT2D eigenvalue weighted by molar-refractivity contribution is -0.131. The Morgan fingerprint density at radius 3 is 2.68 bits per heavy atom. The molecule has 104 valence electrons. The number of nitrogens with zero attached hydrogens (tertiary/aromatic N) is 1. The Kier molecular flexibility index (Phi) is 5.03. The van der Waals surface area contributed by atoms with Crippen LogP contribution in [0.1, 0.15) is 32.3 Å². The van der Waals surface area contributed by atoms with Gasteiger partial charge < -0.3 is 4.90 Å². The molecular formula is C16H22BrNO. The third-order valence-electron chi connectivity index (χ3n) is 3.80. The van der Waals surface area contributed by atoms with E-state index in [0.717, 1.165) is 25.8 Å². The van der Waals surface area contributed by atoms with Crippen LogP contribution in [0.2, 0.25) is 0 Å². The number of carbonyl (C=O) groups is 1. The molecule has 0 aliphatic carbocycles. The Morgan fingerprint density at radius 1 is 1.37 bits per heavy atom. The number of halogens is 1. The standard InChI is InChI=1S/C16H22BrNO/c1-12(2)15(17)16(19)18-10-6-9-14(18)11-13-7-4-3-5-8-13/h3-5,7-8,12,14-15H,6,9-11H2,1-2H3. The van der Waals surface area contributed by atoms with Crippen molar-refractivity contribution in [3.05, 3.63) is 35.9 Å². The average Bonchev–Trinajstić information content (AvgIpc) is 2.86. The van der Waals surface area contributed by atoms with Crippen LogP contribution in [-0.4, -0.2) is 28.2 Å². The van der Waals surface area contributed by atoms with Gasteiger partial charge in [-0.1, -0.05) is 60.1 Å². The minimum Gasteiger partial charge on any atom is -0.338 e. The number of benzene rings is 1. The maximum atomic E-state index is 12.5. The summed E-state index contributed by atoms with van der Waals surface area (Å²) < 4.78 is 0. The number of hydrogen-bond acceptors (Lipinski definition) is 1. The zero-order valence-corrected chi connectivity index (χ0v) is 13.3. The van der Waals surface area contributed by atoms with Gasteiger partial charge in [-0.25, -0.2) is 0 Å². The van der Waals surface area contributed by atoms with Crippen molar-refractivity contribution in [1.29, 1.82) is 0 Å². The molecule has 1 aromatic rings. The van der Waals surface area contributed by atoms with E-state index in [1.807, 2.05) is 6.07 Å². The summed E-state index contributed by atoms with van der Waals surface area (Å²) in [6.45, 7) is 5.07. The van der Waals surface area contributed by atoms with Crippen molar-refractivity contribution in [2.45, 2.75) is 44.0 Å². The summed E-state index contributed by atoms with van der Waals surface area (Å²) in [4.78, 5) is 14.5. The molecule has 0 N–H and O–H groups in total. The Hall–Kier alpha value is -0.830. The van der Waals surface area contributed by atoms with E-state index in [0.29, 0.717) is 12.0 Å². The number of rotatable bonds is 4. The van der Waals surface area contributed by atoms with Gasteiger partial charge in [-0.05, 0) is 30.7 Å². The summed E-state index contributed by atoms with van der Waals surface area (Å²) in [6.07, 6.45) is 3.23. The number of carbonyl (C=O) groups excluding carboxylic acids is 1. The smallest absolute Gasteiger partial charge is 0.236 e. The van der Waals surface area contributed by atoms with E-state index in [-0.39, 0.29) is 10.7 Å². The lowest BCUT2D eigenvalue weighted by Crippen LogP contribution is -2.42. The molecule has 0 saturated carbocycles. The van der Waals surface area contributed by atoms with Crippen molar-refractivity contribution in [3.8, 4) is 0 Å². The third kappa shape index (κ3) is 3.59. The highest BCUT2D eigenvalue weighted by molar-refractivity contribution is 9.10. The van der Waals surface area contributed by atoms with E-state index in [1.165, 1.54) is 5.56 Å². The van der Waals surface area contributed by atoms with Crippen molar-refractivity contribution < 1.29 is 4.79 Å². The highest BCUT2D eigenvalue weighted by Crippen LogP contribution is 2.25. The fourth-order valence-electron chi connectivity index (χ4n) is 2.67. The molecule has 1 saturated heterocycles. The summed E-state index contributed by atoms with van der Waals surface area (Å²) in [6, 6.07) is 10.8. The number of hydrogen-bond donors (Lipinski definition) is 0. The van der Waals surface area contributed by atoms with Gasteiger partial charge in [0.2, 0.25) is 5.91 Å². The lowest BCUT2D eigenvalue weighted by atomic mass is 10.0. The fraction of sp³-hybridized carbons (Fsp3) is 0.562. The van der Waals surface area contributed by atoms with E-state index < -0.39 is 0 Å². The molecule has 2 nitrogen and oxygen atoms in total. The lowest BCUT2D eigenvalue weighted by Gasteiger charge is -2.28. The number of likely N-dealkylation sites (tertiary alicyclic amines) is 1. The average molecular weight is 324 g/mol. The van der Waals surface area contributed by atoms with Gasteiger partial charge in [-0.15, -0.1) is 0 Å². The third-order valence-corrected chi connectivity index (χ3v) is 5.24. The molecule has 19 heavy (non-hydrogen) atoms. The first kappa shape index (κ1) is 14.6. The Labute approximate surface area is 124 Å². The summed E-state index contributed by atoms with van der Waals surface area (Å²) in [5.74, 6) is 0.596. The summed E-state index contributed by atoms with van der Waals surface area (Å²) >= 11 is 3.54. The van der Waals surface area contributed by atoms with E-state index >= 15 is 0 Å². The zero-order valence-electron chi connectivity index (χ0n) is 11.7. The molecule has 1 aliphatic rings. The predicted molar refractivity (Wildman–Crippen MR) is 82.4 cm³/mol. The molecule has 3 heteroatoms. The van der Waals surface area contributed by atoms with Gasteiger partial charge in [0.25, 0.3) is 0 Å². The van der Waals surface area contributed by atoms with Crippen molar-refractivity contribution >= 4 is 21.8 Å². The largest absolute Gasteiger partial charge is 0.338 e. The molecule has 1 fully saturated rings. The first-order valence-corrected chi connectivity index (χ1v) is 7.99. The molecule has 2 atom stereocenters. The van der Waals surface area contributed by atoms with Crippen LogP contribution in [0.4, 0.5) is 0 Å². The van der Waals surface area contributed by atoms with Gasteiger partial charge in [0.15, 0.2) is 0 Å². The van der Waals surface area contributed by atoms with E-state index in [2.05, 4.69) is 58.9 Å². The molecule has 1 heterocycles. The second kappa shape index (κ2) is 6.56. The van der Waals surface area contributed by atoms with Crippen LogP contribution in [0.3, 0.4) is 0 Å². The van der Waals surface area contributed by atoms with E-state index in [1.54, 1.807) is 0 Å². The molecule has 1 amide bonds. The number of amides is 1. The minimum absolute atomic E-state index is 0.0520. The normalized spacial score (nSPS) is 20.8. The van der Waals surface area contributed by atoms with E-state index in [4.69, 9.17) is 0 Å². The second-order valence-electron chi connectivity index (χ2n) is 5.66. The summed E-state index contributed by atoms with van der Waals surface area (Å²) in [7, 11) is 0. The van der Waals surface area contributed by atoms with Gasteiger partial charge in [0, 0.05) is 12.6 Å². The van der Waals surface area contributed by atoms with Crippen LogP contribution in [-0.2, 0) is 11.2 Å². The van der Waals surface area contributed by atoms with Crippen molar-refractivity contribution in [1.82, 2.24) is 4.90 Å². The molecule has 2 rings (SSSR count). The molecule has 0 aromatic heterocycles. The zero-order chi connectivity index (χ0) is 13.8. The minimum atomic E-state index is -0.0520. The quantitative estimate of drug-likeness (QED) is 0.775. The fourth-order valence-corrected chi connectivity index (χ4v) is 2.93. The van der Waals surface area contributed by atoms with Crippen LogP contribution < -0.4 is 0 Å². The van der Waals surface area contributed by atoms with Gasteiger partial charge in [-0.3, -0.25) is 4.79 Å². The maximum Gasteiger partial charge on any atom is 0.236 e. The van der Waals surface area contributed by atoms with E-state index in [9.17, 15) is 4.79 Å². The molecule has 0 bridgehead atoms. The molecule has 2 unspecified atom stereocenters. The Morgan fingerprint density at radius 2 is 2.05 bits per heavy atom. The monoisotopic (exact) mass is 323 g/mol. The van der Waals surface area contributed by atoms with Crippen molar-refractivity contribution in [3.63, 3.8) is 0 Å². The van der Waals surface area contributed by atoms with Crippen LogP contribution in [0.25, 0.3) is 0 Å². The van der Waals surface area contributed by atoms with Crippen LogP contribution >= 0.6 is 15.9 Å². The molecule has 0 radical (unpaired) electrons. The van der Waals surface area contributed by atoms with Crippen LogP contribution in [0.15, 0.2) is 30.3 Å². The predicted octanol–water partition coefficient (Wildman–Crippen LogP) is 3.64. The first-order valence-electron chi connectivity index (χ1n) is 7.08. The van der Waals surface area contributed by atoms with Crippen LogP contribution in [0.5, 0.6) is 0 Å². The van der Waals surface area contributed by atoms with Gasteiger partial charge >= 0.3 is 0 Å². The topological polar surface area (TPSA) is 20.3 Å². The SMILES string of the molecule is CC(C)C(Br)C(=O)N1CCCC1Cc1ccccc1. The van der Waals surface area contributed by atoms with Gasteiger partial charge in [0.1, 0.15) is 0 Å². The molecule has 1 aliphatic heterocycles. The summed E-state index contributed by atoms with van der Waals surface area (Å²) in [5, 5.41) is 0. The highest BCUT2D eigenvalue weighted by atomic mass is 79.9. The van der Waals surface area contributed by atoms with Crippen molar-refractivity contribution in [2.24, 2.45) is 5.92 Å².